The molecular weight excluding hydrogens is 534 g/mol. The monoisotopic (exact) mass is 569 g/mol. The summed E-state index contributed by atoms with van der Waals surface area (Å²) in [5.74, 6) is -0.748. The van der Waals surface area contributed by atoms with E-state index >= 15 is 0 Å². The molecule has 0 aliphatic carbocycles. The molecule has 39 heavy (non-hydrogen) atoms. The van der Waals surface area contributed by atoms with Gasteiger partial charge in [-0.15, -0.1) is 0 Å². The second kappa shape index (κ2) is 13.6. The lowest BCUT2D eigenvalue weighted by Crippen LogP contribution is -2.53. The number of hydrogen-bond acceptors (Lipinski definition) is 4. The van der Waals surface area contributed by atoms with E-state index in [1.54, 1.807) is 24.3 Å². The van der Waals surface area contributed by atoms with E-state index in [1.165, 1.54) is 29.2 Å². The smallest absolute Gasteiger partial charge is 0.264 e. The largest absolute Gasteiger partial charge is 0.352 e. The molecule has 1 N–H and O–H groups in total. The molecule has 2 atom stereocenters. The summed E-state index contributed by atoms with van der Waals surface area (Å²) in [5.41, 5.74) is 2.14. The van der Waals surface area contributed by atoms with Crippen molar-refractivity contribution in [2.24, 2.45) is 0 Å². The molecule has 7 nitrogen and oxygen atoms in total. The normalized spacial score (nSPS) is 12.8. The zero-order chi connectivity index (χ0) is 28.6. The minimum absolute atomic E-state index is 0.0106. The molecule has 0 aromatic heterocycles. The maximum Gasteiger partial charge on any atom is 0.264 e. The Morgan fingerprint density at radius 1 is 0.897 bits per heavy atom. The van der Waals surface area contributed by atoms with Crippen molar-refractivity contribution in [2.75, 3.05) is 10.8 Å². The lowest BCUT2D eigenvalue weighted by atomic mass is 10.1. The number of benzene rings is 3. The summed E-state index contributed by atoms with van der Waals surface area (Å²) in [5, 5.41) is 3.38. The van der Waals surface area contributed by atoms with Crippen LogP contribution < -0.4 is 9.62 Å². The number of nitrogens with one attached hydrogen (secondary N) is 1. The first-order valence-corrected chi connectivity index (χ1v) is 14.9. The maximum atomic E-state index is 14.0. The van der Waals surface area contributed by atoms with Crippen molar-refractivity contribution in [1.29, 1.82) is 0 Å². The van der Waals surface area contributed by atoms with Crippen molar-refractivity contribution in [3.05, 3.63) is 95.0 Å². The van der Waals surface area contributed by atoms with Gasteiger partial charge in [0.1, 0.15) is 12.6 Å². The van der Waals surface area contributed by atoms with Gasteiger partial charge < -0.3 is 10.2 Å². The number of nitrogens with zero attached hydrogens (tertiary/aromatic N) is 2. The fourth-order valence-electron chi connectivity index (χ4n) is 4.11. The van der Waals surface area contributed by atoms with Gasteiger partial charge in [0.25, 0.3) is 10.0 Å². The summed E-state index contributed by atoms with van der Waals surface area (Å²) in [6, 6.07) is 21.3. The number of carbonyl (C=O) groups excluding carboxylic acids is 2. The fourth-order valence-corrected chi connectivity index (χ4v) is 5.65. The standard InChI is InChI=1S/C30H36ClN3O4S/c1-5-23(4)32-30(36)28(6-2)33(20-24-10-8-7-9-11-24)29(35)21-34(26-16-12-22(3)13-17-26)39(37,38)27-18-14-25(31)15-19-27/h7-19,23,28H,5-6,20-21H2,1-4H3,(H,32,36)/t23-,28-/m1/s1. The Kier molecular flexibility index (Phi) is 10.5. The molecule has 9 heteroatoms. The van der Waals surface area contributed by atoms with Crippen LogP contribution in [-0.4, -0.2) is 43.8 Å². The Bertz CT molecular complexity index is 1350. The average molecular weight is 570 g/mol. The minimum atomic E-state index is -4.13. The molecule has 0 heterocycles. The summed E-state index contributed by atoms with van der Waals surface area (Å²) < 4.78 is 28.8. The van der Waals surface area contributed by atoms with Crippen LogP contribution >= 0.6 is 11.6 Å². The van der Waals surface area contributed by atoms with Crippen LogP contribution in [0.2, 0.25) is 5.02 Å². The van der Waals surface area contributed by atoms with Gasteiger partial charge in [-0.05, 0) is 68.7 Å². The molecule has 0 spiro atoms. The number of halogens is 1. The van der Waals surface area contributed by atoms with E-state index < -0.39 is 28.5 Å². The van der Waals surface area contributed by atoms with Crippen LogP contribution in [0.15, 0.2) is 83.8 Å². The van der Waals surface area contributed by atoms with Crippen molar-refractivity contribution in [3.8, 4) is 0 Å². The van der Waals surface area contributed by atoms with Crippen LogP contribution in [0.1, 0.15) is 44.7 Å². The summed E-state index contributed by atoms with van der Waals surface area (Å²) >= 11 is 6.00. The molecule has 3 aromatic carbocycles. The lowest BCUT2D eigenvalue weighted by Gasteiger charge is -2.33. The fraction of sp³-hybridized carbons (Fsp3) is 0.333. The summed E-state index contributed by atoms with van der Waals surface area (Å²) in [7, 11) is -4.13. The molecule has 0 saturated carbocycles. The van der Waals surface area contributed by atoms with Crippen LogP contribution in [0.5, 0.6) is 0 Å². The average Bonchev–Trinajstić information content (AvgIpc) is 2.92. The quantitative estimate of drug-likeness (QED) is 0.309. The SMILES string of the molecule is CC[C@@H](C)NC(=O)[C@@H](CC)N(Cc1ccccc1)C(=O)CN(c1ccc(C)cc1)S(=O)(=O)c1ccc(Cl)cc1. The van der Waals surface area contributed by atoms with Gasteiger partial charge in [0.05, 0.1) is 10.6 Å². The topological polar surface area (TPSA) is 86.8 Å². The molecule has 0 aliphatic heterocycles. The zero-order valence-electron chi connectivity index (χ0n) is 22.8. The molecule has 0 unspecified atom stereocenters. The van der Waals surface area contributed by atoms with Gasteiger partial charge in [-0.2, -0.15) is 0 Å². The Hall–Kier alpha value is -3.36. The molecular formula is C30H36ClN3O4S. The van der Waals surface area contributed by atoms with Crippen molar-refractivity contribution in [2.45, 2.75) is 64.1 Å². The summed E-state index contributed by atoms with van der Waals surface area (Å²) in [4.78, 5) is 28.8. The third kappa shape index (κ3) is 7.83. The Morgan fingerprint density at radius 3 is 2.08 bits per heavy atom. The van der Waals surface area contributed by atoms with Crippen LogP contribution in [0.3, 0.4) is 0 Å². The highest BCUT2D eigenvalue weighted by molar-refractivity contribution is 7.92. The van der Waals surface area contributed by atoms with Gasteiger partial charge in [-0.3, -0.25) is 13.9 Å². The van der Waals surface area contributed by atoms with Crippen LogP contribution in [0, 0.1) is 6.92 Å². The molecule has 0 aliphatic rings. The highest BCUT2D eigenvalue weighted by atomic mass is 35.5. The van der Waals surface area contributed by atoms with E-state index in [-0.39, 0.29) is 23.4 Å². The van der Waals surface area contributed by atoms with E-state index in [0.29, 0.717) is 17.1 Å². The highest BCUT2D eigenvalue weighted by Crippen LogP contribution is 2.26. The number of amides is 2. The molecule has 0 saturated heterocycles. The van der Waals surface area contributed by atoms with Gasteiger partial charge in [-0.25, -0.2) is 8.42 Å². The second-order valence-corrected chi connectivity index (χ2v) is 11.8. The minimum Gasteiger partial charge on any atom is -0.352 e. The van der Waals surface area contributed by atoms with Crippen LogP contribution in [-0.2, 0) is 26.2 Å². The second-order valence-electron chi connectivity index (χ2n) is 9.55. The first-order chi connectivity index (χ1) is 18.6. The van der Waals surface area contributed by atoms with Crippen molar-refractivity contribution < 1.29 is 18.0 Å². The predicted octanol–water partition coefficient (Wildman–Crippen LogP) is 5.57. The lowest BCUT2D eigenvalue weighted by molar-refractivity contribution is -0.140. The first-order valence-electron chi connectivity index (χ1n) is 13.1. The van der Waals surface area contributed by atoms with E-state index in [2.05, 4.69) is 5.32 Å². The predicted molar refractivity (Wildman–Crippen MR) is 156 cm³/mol. The zero-order valence-corrected chi connectivity index (χ0v) is 24.4. The Balaban J connectivity index is 2.04. The van der Waals surface area contributed by atoms with Crippen LogP contribution in [0.25, 0.3) is 0 Å². The van der Waals surface area contributed by atoms with Crippen molar-refractivity contribution >= 4 is 39.1 Å². The Labute approximate surface area is 236 Å². The molecule has 2 amide bonds. The molecule has 3 aromatic rings. The molecule has 0 fully saturated rings. The number of aryl methyl sites for hydroxylation is 1. The molecule has 208 valence electrons. The van der Waals surface area contributed by atoms with Crippen molar-refractivity contribution in [1.82, 2.24) is 10.2 Å². The number of hydrogen-bond donors (Lipinski definition) is 1. The number of rotatable bonds is 12. The van der Waals surface area contributed by atoms with E-state index in [4.69, 9.17) is 11.6 Å². The number of carbonyl (C=O) groups is 2. The van der Waals surface area contributed by atoms with Crippen molar-refractivity contribution in [3.63, 3.8) is 0 Å². The van der Waals surface area contributed by atoms with Gasteiger partial charge >= 0.3 is 0 Å². The van der Waals surface area contributed by atoms with E-state index in [1.807, 2.05) is 58.0 Å². The Morgan fingerprint density at radius 2 is 1.51 bits per heavy atom. The summed E-state index contributed by atoms with van der Waals surface area (Å²) in [6.07, 6.45) is 1.12. The van der Waals surface area contributed by atoms with E-state index in [0.717, 1.165) is 21.9 Å². The van der Waals surface area contributed by atoms with Gasteiger partial charge in [0, 0.05) is 17.6 Å². The third-order valence-corrected chi connectivity index (χ3v) is 8.63. The molecule has 3 rings (SSSR count). The molecule has 0 radical (unpaired) electrons. The van der Waals surface area contributed by atoms with Crippen LogP contribution in [0.4, 0.5) is 5.69 Å². The van der Waals surface area contributed by atoms with Gasteiger partial charge in [-0.1, -0.05) is 73.5 Å². The van der Waals surface area contributed by atoms with Gasteiger partial charge in [0.15, 0.2) is 0 Å². The highest BCUT2D eigenvalue weighted by Gasteiger charge is 2.34. The first kappa shape index (κ1) is 30.2. The van der Waals surface area contributed by atoms with Gasteiger partial charge in [0.2, 0.25) is 11.8 Å². The molecule has 0 bridgehead atoms. The van der Waals surface area contributed by atoms with E-state index in [9.17, 15) is 18.0 Å². The summed E-state index contributed by atoms with van der Waals surface area (Å²) in [6.45, 7) is 7.30. The number of sulfonamides is 1. The number of anilines is 1. The third-order valence-electron chi connectivity index (χ3n) is 6.59. The maximum absolute atomic E-state index is 14.0.